The Morgan fingerprint density at radius 3 is 2.57 bits per heavy atom. The van der Waals surface area contributed by atoms with Gasteiger partial charge in [-0.05, 0) is 12.7 Å². The van der Waals surface area contributed by atoms with Crippen LogP contribution in [0.5, 0.6) is 0 Å². The van der Waals surface area contributed by atoms with Gasteiger partial charge < -0.3 is 0 Å². The molecule has 0 amide bonds. The first-order valence-electron chi connectivity index (χ1n) is 4.67. The first-order chi connectivity index (χ1) is 6.77. The van der Waals surface area contributed by atoms with Crippen LogP contribution in [0.1, 0.15) is 36.5 Å². The molecule has 14 heavy (non-hydrogen) atoms. The molecule has 0 saturated carbocycles. The van der Waals surface area contributed by atoms with Gasteiger partial charge in [0.05, 0.1) is 5.56 Å². The second kappa shape index (κ2) is 5.75. The van der Waals surface area contributed by atoms with Gasteiger partial charge in [0.15, 0.2) is 10.9 Å². The highest BCUT2D eigenvalue weighted by atomic mass is 32.2. The summed E-state index contributed by atoms with van der Waals surface area (Å²) in [6, 6.07) is 0. The lowest BCUT2D eigenvalue weighted by atomic mass is 10.1. The third kappa shape index (κ3) is 3.10. The number of hydrogen-bond donors (Lipinski definition) is 0. The van der Waals surface area contributed by atoms with Crippen molar-refractivity contribution in [2.75, 3.05) is 6.26 Å². The lowest BCUT2D eigenvalue weighted by molar-refractivity contribution is 0.0979. The fourth-order valence-electron chi connectivity index (χ4n) is 1.05. The molecular weight excluding hydrogens is 196 g/mol. The van der Waals surface area contributed by atoms with Gasteiger partial charge in [-0.3, -0.25) is 4.79 Å². The van der Waals surface area contributed by atoms with E-state index in [4.69, 9.17) is 0 Å². The number of rotatable bonds is 5. The number of ketones is 1. The molecule has 0 bridgehead atoms. The van der Waals surface area contributed by atoms with Crippen LogP contribution in [0.3, 0.4) is 0 Å². The van der Waals surface area contributed by atoms with Crippen molar-refractivity contribution in [1.82, 2.24) is 9.97 Å². The summed E-state index contributed by atoms with van der Waals surface area (Å²) in [4.78, 5) is 19.6. The zero-order valence-corrected chi connectivity index (χ0v) is 9.30. The summed E-state index contributed by atoms with van der Waals surface area (Å²) in [6.45, 7) is 2.07. The molecule has 1 aromatic heterocycles. The third-order valence-electron chi connectivity index (χ3n) is 1.89. The van der Waals surface area contributed by atoms with E-state index in [0.717, 1.165) is 12.8 Å². The first-order valence-corrected chi connectivity index (χ1v) is 5.89. The van der Waals surface area contributed by atoms with Crippen LogP contribution >= 0.6 is 11.8 Å². The van der Waals surface area contributed by atoms with Crippen molar-refractivity contribution in [2.45, 2.75) is 31.3 Å². The molecule has 0 unspecified atom stereocenters. The Kier molecular flexibility index (Phi) is 4.59. The van der Waals surface area contributed by atoms with Crippen molar-refractivity contribution < 1.29 is 4.79 Å². The fraction of sp³-hybridized carbons (Fsp3) is 0.500. The van der Waals surface area contributed by atoms with Gasteiger partial charge in [0.25, 0.3) is 0 Å². The molecular formula is C10H14N2OS. The van der Waals surface area contributed by atoms with Gasteiger partial charge in [-0.1, -0.05) is 25.1 Å². The van der Waals surface area contributed by atoms with Gasteiger partial charge in [-0.25, -0.2) is 9.97 Å². The van der Waals surface area contributed by atoms with Gasteiger partial charge >= 0.3 is 0 Å². The molecule has 1 aromatic rings. The highest BCUT2D eigenvalue weighted by Gasteiger charge is 2.05. The molecule has 76 valence electrons. The van der Waals surface area contributed by atoms with Crippen molar-refractivity contribution in [3.8, 4) is 0 Å². The maximum atomic E-state index is 11.5. The molecule has 0 radical (unpaired) electrons. The van der Waals surface area contributed by atoms with E-state index in [1.54, 1.807) is 12.4 Å². The molecule has 1 rings (SSSR count). The molecule has 0 aliphatic rings. The van der Waals surface area contributed by atoms with E-state index in [1.807, 2.05) is 6.26 Å². The van der Waals surface area contributed by atoms with Crippen molar-refractivity contribution in [1.29, 1.82) is 0 Å². The molecule has 0 N–H and O–H groups in total. The monoisotopic (exact) mass is 210 g/mol. The second-order valence-corrected chi connectivity index (χ2v) is 3.76. The van der Waals surface area contributed by atoms with Crippen molar-refractivity contribution in [3.05, 3.63) is 18.0 Å². The van der Waals surface area contributed by atoms with E-state index in [1.165, 1.54) is 11.8 Å². The fourth-order valence-corrected chi connectivity index (χ4v) is 1.36. The number of hydrogen-bond acceptors (Lipinski definition) is 4. The number of thioether (sulfide) groups is 1. The summed E-state index contributed by atoms with van der Waals surface area (Å²) in [5.74, 6) is 0.138. The van der Waals surface area contributed by atoms with Crippen LogP contribution in [0.25, 0.3) is 0 Å². The summed E-state index contributed by atoms with van der Waals surface area (Å²) in [6.07, 6.45) is 7.69. The minimum Gasteiger partial charge on any atom is -0.294 e. The summed E-state index contributed by atoms with van der Waals surface area (Å²) < 4.78 is 0. The quantitative estimate of drug-likeness (QED) is 0.425. The van der Waals surface area contributed by atoms with E-state index < -0.39 is 0 Å². The van der Waals surface area contributed by atoms with Gasteiger partial charge in [0, 0.05) is 18.8 Å². The number of nitrogens with zero attached hydrogens (tertiary/aromatic N) is 2. The van der Waals surface area contributed by atoms with Gasteiger partial charge in [-0.2, -0.15) is 0 Å². The van der Waals surface area contributed by atoms with E-state index >= 15 is 0 Å². The second-order valence-electron chi connectivity index (χ2n) is 2.99. The number of Topliss-reactive ketones (excluding diaryl/α,β-unsaturated/α-hetero) is 1. The van der Waals surface area contributed by atoms with Crippen LogP contribution in [0.4, 0.5) is 0 Å². The van der Waals surface area contributed by atoms with E-state index in [2.05, 4.69) is 16.9 Å². The van der Waals surface area contributed by atoms with Crippen molar-refractivity contribution in [2.24, 2.45) is 0 Å². The number of aromatic nitrogens is 2. The van der Waals surface area contributed by atoms with Gasteiger partial charge in [-0.15, -0.1) is 0 Å². The van der Waals surface area contributed by atoms with Gasteiger partial charge in [0.2, 0.25) is 0 Å². The Balaban J connectivity index is 2.62. The molecule has 0 aliphatic heterocycles. The molecule has 0 saturated heterocycles. The van der Waals surface area contributed by atoms with Crippen LogP contribution < -0.4 is 0 Å². The third-order valence-corrected chi connectivity index (χ3v) is 2.47. The lowest BCUT2D eigenvalue weighted by Crippen LogP contribution is -2.00. The number of carbonyl (C=O) groups is 1. The van der Waals surface area contributed by atoms with Crippen LogP contribution in [0.15, 0.2) is 17.6 Å². The number of carbonyl (C=O) groups excluding carboxylic acids is 1. The highest BCUT2D eigenvalue weighted by molar-refractivity contribution is 7.98. The summed E-state index contributed by atoms with van der Waals surface area (Å²) in [5.41, 5.74) is 0.622. The van der Waals surface area contributed by atoms with Crippen LogP contribution in [-0.2, 0) is 0 Å². The highest BCUT2D eigenvalue weighted by Crippen LogP contribution is 2.09. The maximum absolute atomic E-state index is 11.5. The average Bonchev–Trinajstić information content (AvgIpc) is 2.26. The Morgan fingerprint density at radius 2 is 2.07 bits per heavy atom. The molecule has 0 aliphatic carbocycles. The summed E-state index contributed by atoms with van der Waals surface area (Å²) >= 11 is 1.47. The molecule has 1 heterocycles. The Labute approximate surface area is 88.3 Å². The molecule has 0 fully saturated rings. The van der Waals surface area contributed by atoms with E-state index in [-0.39, 0.29) is 5.78 Å². The molecule has 4 heteroatoms. The minimum absolute atomic E-state index is 0.138. The average molecular weight is 210 g/mol. The largest absolute Gasteiger partial charge is 0.294 e. The first kappa shape index (κ1) is 11.2. The van der Waals surface area contributed by atoms with Crippen LogP contribution in [0.2, 0.25) is 0 Å². The Hall–Kier alpha value is -0.900. The summed E-state index contributed by atoms with van der Waals surface area (Å²) in [7, 11) is 0. The van der Waals surface area contributed by atoms with Crippen molar-refractivity contribution in [3.63, 3.8) is 0 Å². The van der Waals surface area contributed by atoms with Crippen LogP contribution in [0, 0.1) is 0 Å². The Morgan fingerprint density at radius 1 is 1.43 bits per heavy atom. The predicted octanol–water partition coefficient (Wildman–Crippen LogP) is 2.57. The number of unbranched alkanes of at least 4 members (excludes halogenated alkanes) is 1. The Bertz CT molecular complexity index is 297. The lowest BCUT2D eigenvalue weighted by Gasteiger charge is -1.99. The SMILES string of the molecule is CCCCC(=O)c1cnc(SC)nc1. The topological polar surface area (TPSA) is 42.9 Å². The van der Waals surface area contributed by atoms with E-state index in [0.29, 0.717) is 17.1 Å². The normalized spacial score (nSPS) is 10.1. The van der Waals surface area contributed by atoms with Crippen LogP contribution in [-0.4, -0.2) is 22.0 Å². The van der Waals surface area contributed by atoms with Crippen molar-refractivity contribution >= 4 is 17.5 Å². The van der Waals surface area contributed by atoms with E-state index in [9.17, 15) is 4.79 Å². The van der Waals surface area contributed by atoms with Gasteiger partial charge in [0.1, 0.15) is 0 Å². The standard InChI is InChI=1S/C10H14N2OS/c1-3-4-5-9(13)8-6-11-10(14-2)12-7-8/h6-7H,3-5H2,1-2H3. The molecule has 3 nitrogen and oxygen atoms in total. The predicted molar refractivity (Wildman–Crippen MR) is 57.7 cm³/mol. The molecule has 0 atom stereocenters. The maximum Gasteiger partial charge on any atom is 0.187 e. The zero-order chi connectivity index (χ0) is 10.4. The molecule has 0 spiro atoms. The molecule has 0 aromatic carbocycles. The summed E-state index contributed by atoms with van der Waals surface area (Å²) in [5, 5.41) is 0.706. The zero-order valence-electron chi connectivity index (χ0n) is 8.49. The minimum atomic E-state index is 0.138. The smallest absolute Gasteiger partial charge is 0.187 e.